The van der Waals surface area contributed by atoms with Gasteiger partial charge in [0.05, 0.1) is 20.0 Å². The standard InChI is InChI=1S/C14H15NO5S/c1-14(7-10(16)19-2)8-11(17)20-12(14)13(18)21-9-5-3-4-6-15-9/h3-6,12H,7-8H2,1-2H3/t12-,14+/m1/s1. The summed E-state index contributed by atoms with van der Waals surface area (Å²) in [5.41, 5.74) is -0.886. The normalized spacial score (nSPS) is 24.5. The Labute approximate surface area is 126 Å². The average molecular weight is 309 g/mol. The maximum atomic E-state index is 12.3. The lowest BCUT2D eigenvalue weighted by atomic mass is 9.80. The van der Waals surface area contributed by atoms with Crippen LogP contribution in [0.3, 0.4) is 0 Å². The summed E-state index contributed by atoms with van der Waals surface area (Å²) in [7, 11) is 1.27. The minimum absolute atomic E-state index is 0.0152. The van der Waals surface area contributed by atoms with Gasteiger partial charge in [-0.3, -0.25) is 14.4 Å². The van der Waals surface area contributed by atoms with Crippen molar-refractivity contribution in [3.05, 3.63) is 24.4 Å². The number of rotatable bonds is 4. The second kappa shape index (κ2) is 6.26. The van der Waals surface area contributed by atoms with Crippen LogP contribution in [0.25, 0.3) is 0 Å². The Hall–Kier alpha value is -1.89. The van der Waals surface area contributed by atoms with E-state index in [2.05, 4.69) is 9.72 Å². The molecule has 0 saturated carbocycles. The van der Waals surface area contributed by atoms with Gasteiger partial charge in [0.2, 0.25) is 5.12 Å². The van der Waals surface area contributed by atoms with Crippen LogP contribution >= 0.6 is 11.8 Å². The Balaban J connectivity index is 2.14. The number of carbonyl (C=O) groups is 3. The van der Waals surface area contributed by atoms with Crippen LogP contribution in [0.2, 0.25) is 0 Å². The Morgan fingerprint density at radius 3 is 2.90 bits per heavy atom. The van der Waals surface area contributed by atoms with E-state index in [4.69, 9.17) is 4.74 Å². The van der Waals surface area contributed by atoms with Crippen LogP contribution in [0.1, 0.15) is 19.8 Å². The van der Waals surface area contributed by atoms with Gasteiger partial charge in [-0.15, -0.1) is 0 Å². The molecule has 2 heterocycles. The number of hydrogen-bond donors (Lipinski definition) is 0. The van der Waals surface area contributed by atoms with Crippen LogP contribution in [0, 0.1) is 5.41 Å². The molecular formula is C14H15NO5S. The Morgan fingerprint density at radius 1 is 1.52 bits per heavy atom. The summed E-state index contributed by atoms with van der Waals surface area (Å²) in [6.45, 7) is 1.68. The first-order chi connectivity index (χ1) is 9.94. The highest BCUT2D eigenvalue weighted by Crippen LogP contribution is 2.41. The molecule has 1 aromatic rings. The molecule has 21 heavy (non-hydrogen) atoms. The molecule has 1 aromatic heterocycles. The molecule has 0 radical (unpaired) electrons. The quantitative estimate of drug-likeness (QED) is 0.617. The van der Waals surface area contributed by atoms with E-state index in [1.54, 1.807) is 31.3 Å². The number of pyridine rings is 1. The van der Waals surface area contributed by atoms with E-state index in [0.717, 1.165) is 11.8 Å². The van der Waals surface area contributed by atoms with E-state index >= 15 is 0 Å². The average Bonchev–Trinajstić information content (AvgIpc) is 2.74. The van der Waals surface area contributed by atoms with Crippen molar-refractivity contribution in [1.82, 2.24) is 4.98 Å². The van der Waals surface area contributed by atoms with Gasteiger partial charge in [0.25, 0.3) is 0 Å². The summed E-state index contributed by atoms with van der Waals surface area (Å²) in [6.07, 6.45) is 0.565. The Kier molecular flexibility index (Phi) is 4.62. The summed E-state index contributed by atoms with van der Waals surface area (Å²) < 4.78 is 9.73. The molecule has 0 bridgehead atoms. The third kappa shape index (κ3) is 3.60. The minimum Gasteiger partial charge on any atom is -0.469 e. The molecule has 0 aromatic carbocycles. The fraction of sp³-hybridized carbons (Fsp3) is 0.429. The predicted octanol–water partition coefficient (Wildman–Crippen LogP) is 1.59. The lowest BCUT2D eigenvalue weighted by molar-refractivity contribution is -0.148. The van der Waals surface area contributed by atoms with E-state index < -0.39 is 23.5 Å². The van der Waals surface area contributed by atoms with Gasteiger partial charge in [-0.25, -0.2) is 4.98 Å². The summed E-state index contributed by atoms with van der Waals surface area (Å²) >= 11 is 0.901. The highest BCUT2D eigenvalue weighted by Gasteiger charge is 2.51. The maximum absolute atomic E-state index is 12.3. The SMILES string of the molecule is COC(=O)C[C@@]1(C)CC(=O)O[C@@H]1C(=O)Sc1ccccn1. The van der Waals surface area contributed by atoms with Crippen molar-refractivity contribution in [1.29, 1.82) is 0 Å². The molecule has 7 heteroatoms. The van der Waals surface area contributed by atoms with Crippen LogP contribution in [-0.2, 0) is 23.9 Å². The molecule has 2 rings (SSSR count). The topological polar surface area (TPSA) is 82.6 Å². The van der Waals surface area contributed by atoms with Crippen LogP contribution in [0.15, 0.2) is 29.4 Å². The van der Waals surface area contributed by atoms with Crippen LogP contribution in [0.4, 0.5) is 0 Å². The zero-order valence-corrected chi connectivity index (χ0v) is 12.5. The van der Waals surface area contributed by atoms with E-state index in [1.165, 1.54) is 7.11 Å². The van der Waals surface area contributed by atoms with Crippen molar-refractivity contribution in [2.24, 2.45) is 5.41 Å². The number of aromatic nitrogens is 1. The van der Waals surface area contributed by atoms with Crippen molar-refractivity contribution < 1.29 is 23.9 Å². The fourth-order valence-electron chi connectivity index (χ4n) is 2.19. The molecule has 1 aliphatic heterocycles. The second-order valence-electron chi connectivity index (χ2n) is 5.04. The van der Waals surface area contributed by atoms with Crippen molar-refractivity contribution in [2.45, 2.75) is 30.9 Å². The minimum atomic E-state index is -0.976. The summed E-state index contributed by atoms with van der Waals surface area (Å²) in [5, 5.41) is 0.178. The highest BCUT2D eigenvalue weighted by atomic mass is 32.2. The van der Waals surface area contributed by atoms with Gasteiger partial charge in [0.15, 0.2) is 6.10 Å². The number of cyclic esters (lactones) is 1. The van der Waals surface area contributed by atoms with Gasteiger partial charge in [0, 0.05) is 11.6 Å². The second-order valence-corrected chi connectivity index (χ2v) is 6.07. The van der Waals surface area contributed by atoms with E-state index in [1.807, 2.05) is 0 Å². The van der Waals surface area contributed by atoms with Gasteiger partial charge in [-0.05, 0) is 23.9 Å². The molecule has 0 unspecified atom stereocenters. The Bertz CT molecular complexity index is 562. The first-order valence-electron chi connectivity index (χ1n) is 6.33. The number of nitrogens with zero attached hydrogens (tertiary/aromatic N) is 1. The number of methoxy groups -OCH3 is 1. The maximum Gasteiger partial charge on any atom is 0.307 e. The van der Waals surface area contributed by atoms with E-state index in [0.29, 0.717) is 5.03 Å². The van der Waals surface area contributed by atoms with Crippen LogP contribution in [-0.4, -0.2) is 35.3 Å². The van der Waals surface area contributed by atoms with Crippen molar-refractivity contribution in [3.8, 4) is 0 Å². The summed E-state index contributed by atoms with van der Waals surface area (Å²) in [5.74, 6) is -0.960. The van der Waals surface area contributed by atoms with Gasteiger partial charge in [-0.2, -0.15) is 0 Å². The zero-order chi connectivity index (χ0) is 15.5. The number of ether oxygens (including phenoxy) is 2. The molecule has 6 nitrogen and oxygen atoms in total. The molecule has 0 spiro atoms. The smallest absolute Gasteiger partial charge is 0.307 e. The predicted molar refractivity (Wildman–Crippen MR) is 74.3 cm³/mol. The van der Waals surface area contributed by atoms with E-state index in [9.17, 15) is 14.4 Å². The lowest BCUT2D eigenvalue weighted by Gasteiger charge is -2.25. The Morgan fingerprint density at radius 2 is 2.29 bits per heavy atom. The molecule has 0 N–H and O–H groups in total. The van der Waals surface area contributed by atoms with Crippen LogP contribution in [0.5, 0.6) is 0 Å². The van der Waals surface area contributed by atoms with E-state index in [-0.39, 0.29) is 18.0 Å². The fourth-order valence-corrected chi connectivity index (χ4v) is 3.10. The number of carbonyl (C=O) groups excluding carboxylic acids is 3. The van der Waals surface area contributed by atoms with Gasteiger partial charge in [0.1, 0.15) is 5.03 Å². The summed E-state index contributed by atoms with van der Waals surface area (Å²) in [6, 6.07) is 5.19. The molecule has 112 valence electrons. The monoisotopic (exact) mass is 309 g/mol. The van der Waals surface area contributed by atoms with Gasteiger partial charge < -0.3 is 9.47 Å². The largest absolute Gasteiger partial charge is 0.469 e. The third-order valence-corrected chi connectivity index (χ3v) is 4.13. The molecule has 2 atom stereocenters. The molecule has 1 fully saturated rings. The highest BCUT2D eigenvalue weighted by molar-refractivity contribution is 8.13. The molecule has 0 amide bonds. The van der Waals surface area contributed by atoms with Crippen molar-refractivity contribution in [2.75, 3.05) is 7.11 Å². The first-order valence-corrected chi connectivity index (χ1v) is 7.15. The van der Waals surface area contributed by atoms with Crippen molar-refractivity contribution in [3.63, 3.8) is 0 Å². The van der Waals surface area contributed by atoms with Crippen molar-refractivity contribution >= 4 is 28.8 Å². The number of hydrogen-bond acceptors (Lipinski definition) is 7. The molecule has 1 saturated heterocycles. The van der Waals surface area contributed by atoms with Crippen LogP contribution < -0.4 is 0 Å². The third-order valence-electron chi connectivity index (χ3n) is 3.26. The van der Waals surface area contributed by atoms with Gasteiger partial charge >= 0.3 is 11.9 Å². The lowest BCUT2D eigenvalue weighted by Crippen LogP contribution is -2.35. The summed E-state index contributed by atoms with van der Waals surface area (Å²) in [4.78, 5) is 39.4. The molecular weight excluding hydrogens is 294 g/mol. The zero-order valence-electron chi connectivity index (χ0n) is 11.7. The van der Waals surface area contributed by atoms with Gasteiger partial charge in [-0.1, -0.05) is 13.0 Å². The number of esters is 2. The molecule has 0 aliphatic carbocycles. The first kappa shape index (κ1) is 15.5. The molecule has 1 aliphatic rings. The number of thioether (sulfide) groups is 1.